The van der Waals surface area contributed by atoms with Crippen LogP contribution in [0.5, 0.6) is 0 Å². The van der Waals surface area contributed by atoms with Crippen molar-refractivity contribution in [1.82, 2.24) is 4.98 Å². The van der Waals surface area contributed by atoms with Crippen molar-refractivity contribution >= 4 is 39.8 Å². The summed E-state index contributed by atoms with van der Waals surface area (Å²) in [5, 5.41) is 11.6. The number of thiophene rings is 1. The first-order valence-corrected chi connectivity index (χ1v) is 7.31. The van der Waals surface area contributed by atoms with Crippen molar-refractivity contribution < 1.29 is 14.3 Å². The van der Waals surface area contributed by atoms with Gasteiger partial charge in [0, 0.05) is 11.5 Å². The minimum Gasteiger partial charge on any atom is -0.478 e. The first-order chi connectivity index (χ1) is 9.99. The lowest BCUT2D eigenvalue weighted by atomic mass is 10.0. The van der Waals surface area contributed by atoms with E-state index in [2.05, 4.69) is 4.98 Å². The second-order valence-electron chi connectivity index (χ2n) is 4.53. The summed E-state index contributed by atoms with van der Waals surface area (Å²) in [5.41, 5.74) is 1.48. The molecule has 106 valence electrons. The fraction of sp³-hybridized carbons (Fsp3) is 0.0667. The number of aromatic carboxylic acids is 1. The minimum atomic E-state index is -1.08. The van der Waals surface area contributed by atoms with Gasteiger partial charge in [-0.2, -0.15) is 0 Å². The van der Waals surface area contributed by atoms with Crippen LogP contribution in [0.25, 0.3) is 21.5 Å². The van der Waals surface area contributed by atoms with Crippen LogP contribution in [0.3, 0.4) is 0 Å². The summed E-state index contributed by atoms with van der Waals surface area (Å²) in [7, 11) is 0. The molecule has 0 unspecified atom stereocenters. The highest BCUT2D eigenvalue weighted by atomic mass is 35.5. The highest BCUT2D eigenvalue weighted by molar-refractivity contribution is 7.13. The van der Waals surface area contributed by atoms with Crippen LogP contribution in [-0.4, -0.2) is 16.1 Å². The molecule has 3 aromatic rings. The monoisotopic (exact) mass is 321 g/mol. The number of carboxylic acid groups (broad SMARTS) is 1. The molecule has 0 saturated carbocycles. The molecule has 2 aromatic heterocycles. The first kappa shape index (κ1) is 14.0. The number of nitrogens with zero attached hydrogens (tertiary/aromatic N) is 1. The summed E-state index contributed by atoms with van der Waals surface area (Å²) < 4.78 is 13.6. The SMILES string of the molecule is Cc1c(-c2cccs2)nc2cc(F)c(Cl)cc2c1C(=O)O. The van der Waals surface area contributed by atoms with Gasteiger partial charge in [0.05, 0.1) is 26.7 Å². The smallest absolute Gasteiger partial charge is 0.336 e. The Morgan fingerprint density at radius 3 is 2.81 bits per heavy atom. The van der Waals surface area contributed by atoms with Crippen LogP contribution < -0.4 is 0 Å². The van der Waals surface area contributed by atoms with Gasteiger partial charge < -0.3 is 5.11 Å². The van der Waals surface area contributed by atoms with E-state index >= 15 is 0 Å². The molecule has 3 rings (SSSR count). The lowest BCUT2D eigenvalue weighted by Gasteiger charge is -2.11. The summed E-state index contributed by atoms with van der Waals surface area (Å²) in [5.74, 6) is -1.70. The molecule has 6 heteroatoms. The summed E-state index contributed by atoms with van der Waals surface area (Å²) in [6, 6.07) is 6.19. The van der Waals surface area contributed by atoms with Crippen LogP contribution in [0, 0.1) is 12.7 Å². The molecule has 0 spiro atoms. The maximum Gasteiger partial charge on any atom is 0.336 e. The van der Waals surface area contributed by atoms with E-state index in [0.717, 1.165) is 4.88 Å². The lowest BCUT2D eigenvalue weighted by Crippen LogP contribution is -2.05. The quantitative estimate of drug-likeness (QED) is 0.740. The average Bonchev–Trinajstić information content (AvgIpc) is 2.93. The Balaban J connectivity index is 2.45. The molecule has 2 heterocycles. The number of benzene rings is 1. The van der Waals surface area contributed by atoms with E-state index in [0.29, 0.717) is 16.6 Å². The third kappa shape index (κ3) is 2.28. The van der Waals surface area contributed by atoms with Gasteiger partial charge in [0.15, 0.2) is 0 Å². The van der Waals surface area contributed by atoms with Crippen molar-refractivity contribution in [3.05, 3.63) is 51.6 Å². The molecule has 21 heavy (non-hydrogen) atoms. The van der Waals surface area contributed by atoms with E-state index in [1.807, 2.05) is 17.5 Å². The molecule has 0 amide bonds. The number of hydrogen-bond acceptors (Lipinski definition) is 3. The number of rotatable bonds is 2. The molecule has 1 aromatic carbocycles. The summed E-state index contributed by atoms with van der Waals surface area (Å²) in [4.78, 5) is 16.8. The van der Waals surface area contributed by atoms with Gasteiger partial charge in [-0.1, -0.05) is 17.7 Å². The standard InChI is InChI=1S/C15H9ClFNO2S/c1-7-13(15(19)20)8-5-9(16)10(17)6-11(8)18-14(7)12-3-2-4-21-12/h2-6H,1H3,(H,19,20). The molecular weight excluding hydrogens is 313 g/mol. The van der Waals surface area contributed by atoms with Crippen molar-refractivity contribution in [3.8, 4) is 10.6 Å². The predicted octanol–water partition coefficient (Wildman–Crippen LogP) is 4.76. The average molecular weight is 322 g/mol. The van der Waals surface area contributed by atoms with E-state index in [1.165, 1.54) is 23.5 Å². The van der Waals surface area contributed by atoms with Crippen molar-refractivity contribution in [3.63, 3.8) is 0 Å². The lowest BCUT2D eigenvalue weighted by molar-refractivity contribution is 0.0698. The maximum atomic E-state index is 13.6. The zero-order valence-electron chi connectivity index (χ0n) is 10.9. The summed E-state index contributed by atoms with van der Waals surface area (Å²) in [6.07, 6.45) is 0. The van der Waals surface area contributed by atoms with Crippen LogP contribution >= 0.6 is 22.9 Å². The number of fused-ring (bicyclic) bond motifs is 1. The fourth-order valence-corrected chi connectivity index (χ4v) is 3.22. The highest BCUT2D eigenvalue weighted by Gasteiger charge is 2.20. The van der Waals surface area contributed by atoms with E-state index in [-0.39, 0.29) is 16.1 Å². The fourth-order valence-electron chi connectivity index (χ4n) is 2.28. The number of hydrogen-bond donors (Lipinski definition) is 1. The van der Waals surface area contributed by atoms with Gasteiger partial charge in [0.1, 0.15) is 5.82 Å². The first-order valence-electron chi connectivity index (χ1n) is 6.05. The second-order valence-corrected chi connectivity index (χ2v) is 5.88. The third-order valence-corrected chi connectivity index (χ3v) is 4.41. The Morgan fingerprint density at radius 2 is 2.19 bits per heavy atom. The zero-order chi connectivity index (χ0) is 15.1. The molecule has 0 aliphatic heterocycles. The number of halogens is 2. The van der Waals surface area contributed by atoms with Gasteiger partial charge in [-0.15, -0.1) is 11.3 Å². The van der Waals surface area contributed by atoms with E-state index < -0.39 is 11.8 Å². The van der Waals surface area contributed by atoms with Gasteiger partial charge in [-0.05, 0) is 30.0 Å². The van der Waals surface area contributed by atoms with E-state index in [9.17, 15) is 14.3 Å². The van der Waals surface area contributed by atoms with E-state index in [1.54, 1.807) is 6.92 Å². The van der Waals surface area contributed by atoms with Crippen LogP contribution in [0.4, 0.5) is 4.39 Å². The minimum absolute atomic E-state index is 0.102. The molecule has 1 N–H and O–H groups in total. The zero-order valence-corrected chi connectivity index (χ0v) is 12.4. The molecular formula is C15H9ClFNO2S. The Bertz CT molecular complexity index is 862. The maximum absolute atomic E-state index is 13.6. The van der Waals surface area contributed by atoms with Gasteiger partial charge in [0.25, 0.3) is 0 Å². The van der Waals surface area contributed by atoms with Crippen molar-refractivity contribution in [2.45, 2.75) is 6.92 Å². The molecule has 3 nitrogen and oxygen atoms in total. The van der Waals surface area contributed by atoms with Crippen LogP contribution in [0.15, 0.2) is 29.6 Å². The molecule has 0 radical (unpaired) electrons. The summed E-state index contributed by atoms with van der Waals surface area (Å²) >= 11 is 7.21. The Hall–Kier alpha value is -1.98. The van der Waals surface area contributed by atoms with Crippen molar-refractivity contribution in [2.75, 3.05) is 0 Å². The summed E-state index contributed by atoms with van der Waals surface area (Å²) in [6.45, 7) is 1.70. The van der Waals surface area contributed by atoms with Gasteiger partial charge >= 0.3 is 5.97 Å². The van der Waals surface area contributed by atoms with Crippen LogP contribution in [0.2, 0.25) is 5.02 Å². The van der Waals surface area contributed by atoms with Gasteiger partial charge in [0.2, 0.25) is 0 Å². The van der Waals surface area contributed by atoms with Crippen LogP contribution in [-0.2, 0) is 0 Å². The highest BCUT2D eigenvalue weighted by Crippen LogP contribution is 2.33. The number of aromatic nitrogens is 1. The molecule has 0 saturated heterocycles. The molecule has 0 aliphatic carbocycles. The van der Waals surface area contributed by atoms with Gasteiger partial charge in [-0.3, -0.25) is 0 Å². The van der Waals surface area contributed by atoms with E-state index in [4.69, 9.17) is 11.6 Å². The molecule has 0 bridgehead atoms. The van der Waals surface area contributed by atoms with Crippen molar-refractivity contribution in [1.29, 1.82) is 0 Å². The molecule has 0 fully saturated rings. The van der Waals surface area contributed by atoms with Gasteiger partial charge in [-0.25, -0.2) is 14.2 Å². The third-order valence-electron chi connectivity index (χ3n) is 3.24. The second kappa shape index (κ2) is 5.09. The number of carbonyl (C=O) groups is 1. The van der Waals surface area contributed by atoms with Crippen molar-refractivity contribution in [2.24, 2.45) is 0 Å². The number of carboxylic acids is 1. The largest absolute Gasteiger partial charge is 0.478 e. The Kier molecular flexibility index (Phi) is 3.39. The molecule has 0 atom stereocenters. The predicted molar refractivity (Wildman–Crippen MR) is 81.7 cm³/mol. The normalized spacial score (nSPS) is 11.0. The Morgan fingerprint density at radius 1 is 1.43 bits per heavy atom. The topological polar surface area (TPSA) is 50.2 Å². The molecule has 0 aliphatic rings. The van der Waals surface area contributed by atoms with Crippen LogP contribution in [0.1, 0.15) is 15.9 Å². The number of pyridine rings is 1. The Labute approximate surface area is 128 Å².